The molecule has 0 saturated heterocycles. The first kappa shape index (κ1) is 17.8. The van der Waals surface area contributed by atoms with Gasteiger partial charge in [0.25, 0.3) is 0 Å². The summed E-state index contributed by atoms with van der Waals surface area (Å²) in [6.07, 6.45) is 2.75. The van der Waals surface area contributed by atoms with E-state index in [0.29, 0.717) is 13.2 Å². The van der Waals surface area contributed by atoms with Crippen molar-refractivity contribution < 1.29 is 9.53 Å². The molecule has 0 radical (unpaired) electrons. The maximum absolute atomic E-state index is 13.1. The fraction of sp³-hybridized carbons (Fsp3) is 0.130. The second kappa shape index (κ2) is 7.56. The fourth-order valence-electron chi connectivity index (χ4n) is 3.46. The van der Waals surface area contributed by atoms with Crippen LogP contribution in [0.1, 0.15) is 12.5 Å². The monoisotopic (exact) mass is 372 g/mol. The van der Waals surface area contributed by atoms with Crippen molar-refractivity contribution in [3.05, 3.63) is 88.9 Å². The minimum atomic E-state index is -0.472. The van der Waals surface area contributed by atoms with Gasteiger partial charge in [0.15, 0.2) is 0 Å². The topological polar surface area (TPSA) is 53.2 Å². The Morgan fingerprint density at radius 1 is 0.964 bits per heavy atom. The van der Waals surface area contributed by atoms with Crippen molar-refractivity contribution in [2.75, 3.05) is 6.61 Å². The molecule has 0 fully saturated rings. The number of benzene rings is 3. The first-order valence-electron chi connectivity index (χ1n) is 9.20. The van der Waals surface area contributed by atoms with E-state index in [9.17, 15) is 9.59 Å². The average Bonchev–Trinajstić information content (AvgIpc) is 2.98. The molecule has 0 saturated carbocycles. The van der Waals surface area contributed by atoms with Crippen LogP contribution < -0.4 is 5.69 Å². The lowest BCUT2D eigenvalue weighted by Gasteiger charge is -2.08. The molecule has 0 spiro atoms. The average molecular weight is 372 g/mol. The van der Waals surface area contributed by atoms with E-state index in [2.05, 4.69) is 18.2 Å². The number of hydrogen-bond donors (Lipinski definition) is 0. The summed E-state index contributed by atoms with van der Waals surface area (Å²) in [4.78, 5) is 24.8. The van der Waals surface area contributed by atoms with E-state index in [1.54, 1.807) is 11.5 Å². The van der Waals surface area contributed by atoms with Gasteiger partial charge in [-0.05, 0) is 35.4 Å². The van der Waals surface area contributed by atoms with Crippen LogP contribution >= 0.6 is 0 Å². The van der Waals surface area contributed by atoms with Crippen LogP contribution in [0.2, 0.25) is 0 Å². The van der Waals surface area contributed by atoms with Crippen molar-refractivity contribution in [2.24, 2.45) is 0 Å². The largest absolute Gasteiger partial charge is 0.463 e. The number of esters is 1. The van der Waals surface area contributed by atoms with Crippen LogP contribution in [-0.4, -0.2) is 21.7 Å². The standard InChI is InChI=1S/C23H20N2O3/c1-2-28-22(26)14-15-24-20-12-5-6-13-21(20)25(23(24)27)16-18-10-7-9-17-8-3-4-11-19(17)18/h3-15H,2,16H2,1H3. The van der Waals surface area contributed by atoms with Crippen LogP contribution in [-0.2, 0) is 16.1 Å². The third-order valence-electron chi connectivity index (χ3n) is 4.72. The van der Waals surface area contributed by atoms with Crippen LogP contribution in [0, 0.1) is 0 Å². The molecule has 5 nitrogen and oxygen atoms in total. The van der Waals surface area contributed by atoms with Crippen LogP contribution in [0.3, 0.4) is 0 Å². The molecule has 5 heteroatoms. The molecule has 140 valence electrons. The Hall–Kier alpha value is -3.60. The fourth-order valence-corrected chi connectivity index (χ4v) is 3.46. The molecule has 4 aromatic rings. The number of aromatic nitrogens is 2. The number of imidazole rings is 1. The summed E-state index contributed by atoms with van der Waals surface area (Å²) in [5.74, 6) is -0.472. The molecule has 1 heterocycles. The summed E-state index contributed by atoms with van der Waals surface area (Å²) in [5.41, 5.74) is 2.43. The van der Waals surface area contributed by atoms with Gasteiger partial charge >= 0.3 is 11.7 Å². The Labute approximate surface area is 162 Å². The Kier molecular flexibility index (Phi) is 4.81. The van der Waals surface area contributed by atoms with Gasteiger partial charge in [0.1, 0.15) is 0 Å². The highest BCUT2D eigenvalue weighted by Gasteiger charge is 2.13. The van der Waals surface area contributed by atoms with E-state index in [-0.39, 0.29) is 5.69 Å². The molecule has 0 aliphatic carbocycles. The van der Waals surface area contributed by atoms with Crippen molar-refractivity contribution in [3.63, 3.8) is 0 Å². The zero-order valence-electron chi connectivity index (χ0n) is 15.5. The lowest BCUT2D eigenvalue weighted by atomic mass is 10.0. The minimum absolute atomic E-state index is 0.199. The van der Waals surface area contributed by atoms with E-state index in [1.807, 2.05) is 48.5 Å². The third kappa shape index (κ3) is 3.22. The molecule has 4 rings (SSSR count). The molecule has 0 unspecified atom stereocenters. The molecule has 28 heavy (non-hydrogen) atoms. The molecule has 0 bridgehead atoms. The van der Waals surface area contributed by atoms with Gasteiger partial charge < -0.3 is 4.74 Å². The molecular formula is C23H20N2O3. The summed E-state index contributed by atoms with van der Waals surface area (Å²) in [6.45, 7) is 2.48. The lowest BCUT2D eigenvalue weighted by Crippen LogP contribution is -2.22. The number of carbonyl (C=O) groups excluding carboxylic acids is 1. The zero-order chi connectivity index (χ0) is 19.5. The van der Waals surface area contributed by atoms with Gasteiger partial charge in [0.05, 0.1) is 24.2 Å². The summed E-state index contributed by atoms with van der Waals surface area (Å²) in [6, 6.07) is 21.8. The minimum Gasteiger partial charge on any atom is -0.463 e. The van der Waals surface area contributed by atoms with Crippen molar-refractivity contribution in [3.8, 4) is 0 Å². The summed E-state index contributed by atoms with van der Waals surface area (Å²) in [7, 11) is 0. The second-order valence-electron chi connectivity index (χ2n) is 6.43. The number of rotatable bonds is 5. The van der Waals surface area contributed by atoms with Gasteiger partial charge in [0, 0.05) is 12.3 Å². The van der Waals surface area contributed by atoms with Gasteiger partial charge in [-0.15, -0.1) is 0 Å². The quantitative estimate of drug-likeness (QED) is 0.392. The van der Waals surface area contributed by atoms with Gasteiger partial charge in [-0.1, -0.05) is 54.6 Å². The van der Waals surface area contributed by atoms with Gasteiger partial charge in [0.2, 0.25) is 0 Å². The van der Waals surface area contributed by atoms with E-state index in [1.165, 1.54) is 16.8 Å². The highest BCUT2D eigenvalue weighted by Crippen LogP contribution is 2.21. The molecule has 0 N–H and O–H groups in total. The normalized spacial score (nSPS) is 11.5. The highest BCUT2D eigenvalue weighted by molar-refractivity contribution is 5.87. The van der Waals surface area contributed by atoms with Gasteiger partial charge in [-0.25, -0.2) is 9.59 Å². The summed E-state index contributed by atoms with van der Waals surface area (Å²) >= 11 is 0. The Balaban J connectivity index is 1.83. The van der Waals surface area contributed by atoms with Gasteiger partial charge in [-0.2, -0.15) is 0 Å². The highest BCUT2D eigenvalue weighted by atomic mass is 16.5. The Bertz CT molecular complexity index is 1240. The van der Waals surface area contributed by atoms with E-state index >= 15 is 0 Å². The van der Waals surface area contributed by atoms with E-state index in [4.69, 9.17) is 4.74 Å². The lowest BCUT2D eigenvalue weighted by molar-refractivity contribution is -0.137. The summed E-state index contributed by atoms with van der Waals surface area (Å²) in [5, 5.41) is 2.26. The predicted octanol–water partition coefficient (Wildman–Crippen LogP) is 4.04. The van der Waals surface area contributed by atoms with E-state index in [0.717, 1.165) is 27.4 Å². The van der Waals surface area contributed by atoms with Crippen molar-refractivity contribution in [1.82, 2.24) is 9.13 Å². The molecule has 0 amide bonds. The molecular weight excluding hydrogens is 352 g/mol. The smallest absolute Gasteiger partial charge is 0.333 e. The molecule has 0 atom stereocenters. The maximum Gasteiger partial charge on any atom is 0.333 e. The second-order valence-corrected chi connectivity index (χ2v) is 6.43. The maximum atomic E-state index is 13.1. The number of hydrogen-bond acceptors (Lipinski definition) is 3. The Morgan fingerprint density at radius 2 is 1.68 bits per heavy atom. The SMILES string of the molecule is CCOC(=O)C=Cn1c(=O)n(Cc2cccc3ccccc23)c2ccccc21. The predicted molar refractivity (Wildman–Crippen MR) is 111 cm³/mol. The Morgan fingerprint density at radius 3 is 2.50 bits per heavy atom. The van der Waals surface area contributed by atoms with Crippen LogP contribution in [0.15, 0.2) is 77.6 Å². The number of carbonyl (C=O) groups is 1. The molecule has 3 aromatic carbocycles. The van der Waals surface area contributed by atoms with Crippen LogP contribution in [0.5, 0.6) is 0 Å². The van der Waals surface area contributed by atoms with Crippen molar-refractivity contribution in [1.29, 1.82) is 0 Å². The van der Waals surface area contributed by atoms with Gasteiger partial charge in [-0.3, -0.25) is 9.13 Å². The number of nitrogens with zero attached hydrogens (tertiary/aromatic N) is 2. The molecule has 0 aliphatic heterocycles. The van der Waals surface area contributed by atoms with Crippen LogP contribution in [0.25, 0.3) is 28.0 Å². The molecule has 0 aliphatic rings. The third-order valence-corrected chi connectivity index (χ3v) is 4.72. The van der Waals surface area contributed by atoms with Crippen LogP contribution in [0.4, 0.5) is 0 Å². The number of ether oxygens (including phenoxy) is 1. The zero-order valence-corrected chi connectivity index (χ0v) is 15.5. The first-order chi connectivity index (χ1) is 13.7. The van der Waals surface area contributed by atoms with Crippen molar-refractivity contribution >= 4 is 34.0 Å². The van der Waals surface area contributed by atoms with Crippen molar-refractivity contribution in [2.45, 2.75) is 13.5 Å². The number of fused-ring (bicyclic) bond motifs is 2. The van der Waals surface area contributed by atoms with E-state index < -0.39 is 5.97 Å². The number of para-hydroxylation sites is 2. The molecule has 1 aromatic heterocycles. The first-order valence-corrected chi connectivity index (χ1v) is 9.20. The summed E-state index contributed by atoms with van der Waals surface area (Å²) < 4.78 is 8.13.